The normalized spacial score (nSPS) is 19.4. The third-order valence-corrected chi connectivity index (χ3v) is 20.5. The molecule has 0 bridgehead atoms. The Labute approximate surface area is 144 Å². The van der Waals surface area contributed by atoms with Crippen molar-refractivity contribution in [3.05, 3.63) is 43.0 Å². The van der Waals surface area contributed by atoms with Gasteiger partial charge in [0.05, 0.1) is 0 Å². The van der Waals surface area contributed by atoms with Crippen LogP contribution in [-0.4, -0.2) is 16.5 Å². The molecule has 0 saturated carbocycles. The summed E-state index contributed by atoms with van der Waals surface area (Å²) in [7, 11) is 0. The quantitative estimate of drug-likeness (QED) is 0.490. The standard InChI is InChI=1S/2C5H5.C2H6Ge.4CH3.2ClH.Zr/c2*1-2-4-5-3-1;1-2-3;;;;;;;/h2*1-3H,4H2;3H,2H2,1H3;4*1H3;2*1H;/q;;+2;;;;;;;/p-2. The molecule has 0 atom stereocenters. The zero-order chi connectivity index (χ0) is 13.9. The summed E-state index contributed by atoms with van der Waals surface area (Å²) in [6.07, 6.45) is 16.1. The summed E-state index contributed by atoms with van der Waals surface area (Å²) in [6, 6.07) is 0. The smallest absolute Gasteiger partial charge is 1.00 e. The van der Waals surface area contributed by atoms with Gasteiger partial charge in [-0.05, 0) is 0 Å². The van der Waals surface area contributed by atoms with E-state index in [-0.39, 0.29) is 24.8 Å². The van der Waals surface area contributed by atoms with Crippen LogP contribution < -0.4 is 24.8 Å². The Balaban J connectivity index is 0. The molecule has 0 fully saturated rings. The van der Waals surface area contributed by atoms with Gasteiger partial charge in [-0.1, -0.05) is 0 Å². The molecule has 2 rings (SSSR count). The maximum Gasteiger partial charge on any atom is -1.00 e. The second kappa shape index (κ2) is 7.49. The van der Waals surface area contributed by atoms with Crippen LogP contribution in [0.5, 0.6) is 0 Å². The van der Waals surface area contributed by atoms with Crippen molar-refractivity contribution in [2.75, 3.05) is 0 Å². The zero-order valence-corrected chi connectivity index (χ0v) is 19.8. The van der Waals surface area contributed by atoms with Gasteiger partial charge in [-0.15, -0.1) is 0 Å². The van der Waals surface area contributed by atoms with Gasteiger partial charge in [0.2, 0.25) is 0 Å². The second-order valence-corrected chi connectivity index (χ2v) is 38.2. The molecule has 4 heteroatoms. The molecule has 0 radical (unpaired) electrons. The third-order valence-electron chi connectivity index (χ3n) is 4.43. The topological polar surface area (TPSA) is 0 Å². The summed E-state index contributed by atoms with van der Waals surface area (Å²) in [5.41, 5.74) is 0. The van der Waals surface area contributed by atoms with Gasteiger partial charge in [-0.3, -0.25) is 0 Å². The predicted molar refractivity (Wildman–Crippen MR) is 84.8 cm³/mol. The van der Waals surface area contributed by atoms with Crippen molar-refractivity contribution in [2.45, 2.75) is 43.5 Å². The van der Waals surface area contributed by atoms with E-state index in [1.807, 2.05) is 0 Å². The molecule has 2 aliphatic rings. The van der Waals surface area contributed by atoms with Crippen LogP contribution in [0.4, 0.5) is 0 Å². The Morgan fingerprint density at radius 1 is 0.900 bits per heavy atom. The number of rotatable bonds is 2. The molecule has 0 amide bonds. The van der Waals surface area contributed by atoms with Crippen LogP contribution >= 0.6 is 0 Å². The summed E-state index contributed by atoms with van der Waals surface area (Å²) in [6.45, 7) is 2.15. The fourth-order valence-corrected chi connectivity index (χ4v) is 13.0. The number of hydrogen-bond donors (Lipinski definition) is 0. The average Bonchev–Trinajstić information content (AvgIpc) is 2.93. The molecule has 0 nitrogen and oxygen atoms in total. The predicted octanol–water partition coefficient (Wildman–Crippen LogP) is -0.575. The molecule has 0 spiro atoms. The van der Waals surface area contributed by atoms with Gasteiger partial charge < -0.3 is 24.8 Å². The Bertz CT molecular complexity index is 413. The van der Waals surface area contributed by atoms with Crippen molar-refractivity contribution < 1.29 is 42.1 Å². The fourth-order valence-electron chi connectivity index (χ4n) is 2.77. The van der Waals surface area contributed by atoms with Gasteiger partial charge >= 0.3 is 120 Å². The minimum Gasteiger partial charge on any atom is -1.00 e. The minimum atomic E-state index is -3.24. The minimum absolute atomic E-state index is 0. The Hall–Kier alpha value is 0.966. The molecule has 0 N–H and O–H groups in total. The van der Waals surface area contributed by atoms with Gasteiger partial charge in [0, 0.05) is 0 Å². The first kappa shape index (κ1) is 23.2. The zero-order valence-electron chi connectivity index (χ0n) is 13.4. The van der Waals surface area contributed by atoms with Crippen LogP contribution in [0, 0.1) is 0 Å². The molecule has 0 unspecified atom stereocenters. The van der Waals surface area contributed by atoms with Gasteiger partial charge in [0.1, 0.15) is 0 Å². The Morgan fingerprint density at radius 3 is 1.40 bits per heavy atom. The van der Waals surface area contributed by atoms with Gasteiger partial charge in [0.25, 0.3) is 0 Å². The van der Waals surface area contributed by atoms with E-state index in [9.17, 15) is 0 Å². The van der Waals surface area contributed by atoms with E-state index >= 15 is 0 Å². The van der Waals surface area contributed by atoms with Crippen LogP contribution in [-0.2, 0) is 17.3 Å². The summed E-state index contributed by atoms with van der Waals surface area (Å²) in [5, 5.41) is 1.31. The molecule has 114 valence electrons. The van der Waals surface area contributed by atoms with Gasteiger partial charge in [-0.25, -0.2) is 0 Å². The van der Waals surface area contributed by atoms with Crippen molar-refractivity contribution in [3.63, 3.8) is 0 Å². The summed E-state index contributed by atoms with van der Waals surface area (Å²) >= 11 is -1.45. The molecule has 0 aromatic carbocycles. The van der Waals surface area contributed by atoms with E-state index in [2.05, 4.69) is 61.9 Å². The van der Waals surface area contributed by atoms with E-state index in [0.717, 1.165) is 0 Å². The van der Waals surface area contributed by atoms with E-state index in [0.29, 0.717) is 0 Å². The first-order valence-electron chi connectivity index (χ1n) is 7.05. The van der Waals surface area contributed by atoms with E-state index in [1.165, 1.54) is 18.1 Å². The Kier molecular flexibility index (Phi) is 8.70. The van der Waals surface area contributed by atoms with Crippen LogP contribution in [0.3, 0.4) is 0 Å². The molecule has 0 saturated heterocycles. The Morgan fingerprint density at radius 2 is 1.20 bits per heavy atom. The number of allylic oxidation sites excluding steroid dienone is 8. The van der Waals surface area contributed by atoms with Gasteiger partial charge in [0.15, 0.2) is 0 Å². The largest absolute Gasteiger partial charge is 1.00 e. The van der Waals surface area contributed by atoms with E-state index < -0.39 is 17.3 Å². The number of halogens is 2. The first-order chi connectivity index (χ1) is 8.15. The summed E-state index contributed by atoms with van der Waals surface area (Å²) in [5.74, 6) is 0. The fraction of sp³-hybridized carbons (Fsp3) is 0.500. The third kappa shape index (κ3) is 5.01. The second-order valence-electron chi connectivity index (χ2n) is 8.18. The summed E-state index contributed by atoms with van der Waals surface area (Å²) < 4.78 is 13.7. The summed E-state index contributed by atoms with van der Waals surface area (Å²) in [4.78, 5) is 0. The molecule has 0 heterocycles. The molecular weight excluding hydrogens is 427 g/mol. The van der Waals surface area contributed by atoms with Crippen LogP contribution in [0.2, 0.25) is 23.8 Å². The van der Waals surface area contributed by atoms with Crippen molar-refractivity contribution in [1.82, 2.24) is 0 Å². The van der Waals surface area contributed by atoms with E-state index in [4.69, 9.17) is 0 Å². The molecular formula is C16H28Cl2GeZr. The molecule has 0 aromatic heterocycles. The maximum absolute atomic E-state index is 3.24. The van der Waals surface area contributed by atoms with Crippen molar-refractivity contribution >= 4 is 16.5 Å². The van der Waals surface area contributed by atoms with Crippen LogP contribution in [0.1, 0.15) is 19.8 Å². The molecule has 0 aliphatic heterocycles. The molecule has 2 aliphatic carbocycles. The van der Waals surface area contributed by atoms with Crippen LogP contribution in [0.15, 0.2) is 43.0 Å². The van der Waals surface area contributed by atoms with Crippen molar-refractivity contribution in [3.8, 4) is 0 Å². The number of hydrogen-bond acceptors (Lipinski definition) is 0. The SMILES string of the molecule is C[CH2][GeH+2].[CH3][Zr]([CH3])([CH3])([CH3])([C]1=CC=CC1)[C]1=CC=CC1.[Cl-].[Cl-]. The van der Waals surface area contributed by atoms with Crippen LogP contribution in [0.25, 0.3) is 0 Å². The monoisotopic (exact) mass is 454 g/mol. The average molecular weight is 455 g/mol. The molecule has 20 heavy (non-hydrogen) atoms. The maximum atomic E-state index is 2.57. The molecule has 0 aromatic rings. The van der Waals surface area contributed by atoms with E-state index in [1.54, 1.807) is 23.1 Å². The van der Waals surface area contributed by atoms with Crippen molar-refractivity contribution in [1.29, 1.82) is 0 Å². The van der Waals surface area contributed by atoms with Crippen molar-refractivity contribution in [2.24, 2.45) is 0 Å². The first-order valence-corrected chi connectivity index (χ1v) is 21.1. The van der Waals surface area contributed by atoms with Gasteiger partial charge in [-0.2, -0.15) is 0 Å².